The molecule has 0 bridgehead atoms. The van der Waals surface area contributed by atoms with E-state index in [-0.39, 0.29) is 16.3 Å². The van der Waals surface area contributed by atoms with Gasteiger partial charge in [-0.15, -0.1) is 0 Å². The molecule has 0 aliphatic rings. The molecule has 2 heteroatoms. The van der Waals surface area contributed by atoms with Crippen LogP contribution in [0.1, 0.15) is 38.8 Å². The van der Waals surface area contributed by atoms with Crippen LogP contribution >= 0.6 is 0 Å². The van der Waals surface area contributed by atoms with Crippen molar-refractivity contribution in [1.29, 1.82) is 0 Å². The summed E-state index contributed by atoms with van der Waals surface area (Å²) in [5.74, 6) is 0. The van der Waals surface area contributed by atoms with Crippen molar-refractivity contribution >= 4 is 48.7 Å². The van der Waals surface area contributed by atoms with E-state index >= 15 is 0 Å². The van der Waals surface area contributed by atoms with Gasteiger partial charge in [0.2, 0.25) is 0 Å². The number of hydrogen-bond acceptors (Lipinski definition) is 2. The van der Waals surface area contributed by atoms with E-state index in [1.165, 1.54) is 0 Å². The van der Waals surface area contributed by atoms with Gasteiger partial charge in [-0.05, 0) is 69.3 Å². The van der Waals surface area contributed by atoms with E-state index in [4.69, 9.17) is 0 Å². The predicted molar refractivity (Wildman–Crippen MR) is 125 cm³/mol. The number of benzene rings is 3. The van der Waals surface area contributed by atoms with Crippen LogP contribution in [-0.2, 0) is 5.41 Å². The first kappa shape index (κ1) is 17.8. The second-order valence-corrected chi connectivity index (χ2v) is 9.15. The Morgan fingerprint density at radius 1 is 0.655 bits per heavy atom. The molecule has 0 N–H and O–H groups in total. The van der Waals surface area contributed by atoms with E-state index < -0.39 is 0 Å². The third-order valence-electron chi connectivity index (χ3n) is 6.11. The van der Waals surface area contributed by atoms with Crippen molar-refractivity contribution in [3.05, 3.63) is 86.7 Å². The Balaban J connectivity index is 1.92. The molecule has 5 aromatic carbocycles. The summed E-state index contributed by atoms with van der Waals surface area (Å²) in [5.41, 5.74) is 3.07. The predicted octanol–water partition coefficient (Wildman–Crippen LogP) is 6.23. The van der Waals surface area contributed by atoms with Crippen molar-refractivity contribution in [3.63, 3.8) is 0 Å². The summed E-state index contributed by atoms with van der Waals surface area (Å²) in [4.78, 5) is 26.3. The second-order valence-electron chi connectivity index (χ2n) is 9.15. The van der Waals surface area contributed by atoms with Crippen LogP contribution in [0.3, 0.4) is 0 Å². The highest BCUT2D eigenvalue weighted by Gasteiger charge is 2.19. The Hall–Kier alpha value is -3.26. The van der Waals surface area contributed by atoms with E-state index in [2.05, 4.69) is 33.4 Å². The molecule has 0 amide bonds. The maximum absolute atomic E-state index is 13.2. The molecule has 142 valence electrons. The maximum Gasteiger partial charge on any atom is 0.194 e. The minimum Gasteiger partial charge on any atom is -0.289 e. The third-order valence-corrected chi connectivity index (χ3v) is 6.11. The van der Waals surface area contributed by atoms with Gasteiger partial charge in [0.25, 0.3) is 0 Å². The fourth-order valence-electron chi connectivity index (χ4n) is 4.38. The van der Waals surface area contributed by atoms with Crippen LogP contribution < -0.4 is 10.9 Å². The topological polar surface area (TPSA) is 34.1 Å². The van der Waals surface area contributed by atoms with E-state index in [1.807, 2.05) is 49.4 Å². The van der Waals surface area contributed by atoms with Crippen LogP contribution in [0.5, 0.6) is 0 Å². The van der Waals surface area contributed by atoms with Crippen LogP contribution in [-0.4, -0.2) is 0 Å². The highest BCUT2D eigenvalue weighted by molar-refractivity contribution is 6.21. The van der Waals surface area contributed by atoms with Crippen LogP contribution in [0.4, 0.5) is 0 Å². The van der Waals surface area contributed by atoms with E-state index in [1.54, 1.807) is 0 Å². The van der Waals surface area contributed by atoms with Crippen molar-refractivity contribution in [2.24, 2.45) is 0 Å². The first-order valence-corrected chi connectivity index (χ1v) is 9.89. The lowest BCUT2D eigenvalue weighted by molar-refractivity contribution is 0.591. The minimum absolute atomic E-state index is 0.0214. The molecule has 0 fully saturated rings. The molecule has 0 unspecified atom stereocenters. The molecule has 0 aromatic heterocycles. The molecule has 0 radical (unpaired) electrons. The molecule has 0 atom stereocenters. The Kier molecular flexibility index (Phi) is 3.46. The third kappa shape index (κ3) is 2.42. The summed E-state index contributed by atoms with van der Waals surface area (Å²) in [6, 6.07) is 15.8. The van der Waals surface area contributed by atoms with Gasteiger partial charge < -0.3 is 0 Å². The molecule has 29 heavy (non-hydrogen) atoms. The Morgan fingerprint density at radius 2 is 1.14 bits per heavy atom. The Bertz CT molecular complexity index is 1580. The SMILES string of the molecule is C=C(C)c1ccc2c(c1)c(=O)c1cc3c(cc12)c(=O)c1cc(C(C)(C)C)ccc13. The van der Waals surface area contributed by atoms with Crippen molar-refractivity contribution in [2.45, 2.75) is 33.1 Å². The van der Waals surface area contributed by atoms with Gasteiger partial charge in [-0.25, -0.2) is 0 Å². The zero-order valence-corrected chi connectivity index (χ0v) is 17.1. The van der Waals surface area contributed by atoms with E-state index in [9.17, 15) is 9.59 Å². The van der Waals surface area contributed by atoms with Gasteiger partial charge in [0.1, 0.15) is 0 Å². The lowest BCUT2D eigenvalue weighted by Crippen LogP contribution is -2.11. The largest absolute Gasteiger partial charge is 0.289 e. The van der Waals surface area contributed by atoms with E-state index in [0.29, 0.717) is 16.2 Å². The van der Waals surface area contributed by atoms with Gasteiger partial charge in [0.05, 0.1) is 0 Å². The fourth-order valence-corrected chi connectivity index (χ4v) is 4.38. The van der Waals surface area contributed by atoms with Gasteiger partial charge in [-0.2, -0.15) is 0 Å². The van der Waals surface area contributed by atoms with Crippen LogP contribution in [0.2, 0.25) is 0 Å². The zero-order chi connectivity index (χ0) is 20.7. The van der Waals surface area contributed by atoms with Crippen molar-refractivity contribution in [3.8, 4) is 0 Å². The smallest absolute Gasteiger partial charge is 0.194 e. The second kappa shape index (κ2) is 5.64. The summed E-state index contributed by atoms with van der Waals surface area (Å²) >= 11 is 0. The summed E-state index contributed by atoms with van der Waals surface area (Å²) in [6.45, 7) is 12.3. The van der Waals surface area contributed by atoms with Crippen LogP contribution in [0, 0.1) is 0 Å². The molecule has 0 saturated carbocycles. The quantitative estimate of drug-likeness (QED) is 0.347. The van der Waals surface area contributed by atoms with Crippen molar-refractivity contribution in [1.82, 2.24) is 0 Å². The summed E-state index contributed by atoms with van der Waals surface area (Å²) in [5, 5.41) is 6.35. The van der Waals surface area contributed by atoms with Crippen LogP contribution in [0.25, 0.3) is 48.7 Å². The summed E-state index contributed by atoms with van der Waals surface area (Å²) in [7, 11) is 0. The Labute approximate surface area is 168 Å². The summed E-state index contributed by atoms with van der Waals surface area (Å²) in [6.07, 6.45) is 0. The van der Waals surface area contributed by atoms with Gasteiger partial charge in [-0.3, -0.25) is 9.59 Å². The maximum atomic E-state index is 13.2. The zero-order valence-electron chi connectivity index (χ0n) is 17.1. The molecule has 0 spiro atoms. The fraction of sp³-hybridized carbons (Fsp3) is 0.185. The first-order chi connectivity index (χ1) is 13.7. The molecule has 0 heterocycles. The molecule has 2 nitrogen and oxygen atoms in total. The normalized spacial score (nSPS) is 12.6. The first-order valence-electron chi connectivity index (χ1n) is 9.89. The number of fused-ring (bicyclic) bond motifs is 6. The monoisotopic (exact) mass is 378 g/mol. The average Bonchev–Trinajstić information content (AvgIpc) is 3.11. The van der Waals surface area contributed by atoms with Gasteiger partial charge in [0.15, 0.2) is 10.9 Å². The van der Waals surface area contributed by atoms with Gasteiger partial charge in [0, 0.05) is 21.5 Å². The minimum atomic E-state index is -0.0261. The lowest BCUT2D eigenvalue weighted by Gasteiger charge is -2.18. The molecule has 5 aromatic rings. The van der Waals surface area contributed by atoms with Gasteiger partial charge >= 0.3 is 0 Å². The number of hydrogen-bond donors (Lipinski definition) is 0. The van der Waals surface area contributed by atoms with Crippen molar-refractivity contribution in [2.75, 3.05) is 0 Å². The number of rotatable bonds is 1. The Morgan fingerprint density at radius 3 is 1.66 bits per heavy atom. The number of allylic oxidation sites excluding steroid dienone is 1. The molecule has 0 saturated heterocycles. The van der Waals surface area contributed by atoms with Gasteiger partial charge in [-0.1, -0.05) is 57.2 Å². The van der Waals surface area contributed by atoms with Crippen LogP contribution in [0.15, 0.2) is 64.7 Å². The van der Waals surface area contributed by atoms with Crippen molar-refractivity contribution < 1.29 is 0 Å². The average molecular weight is 378 g/mol. The molecule has 0 aliphatic carbocycles. The van der Waals surface area contributed by atoms with E-state index in [0.717, 1.165) is 43.6 Å². The highest BCUT2D eigenvalue weighted by Crippen LogP contribution is 2.34. The lowest BCUT2D eigenvalue weighted by atomic mass is 9.86. The molecule has 5 rings (SSSR count). The molecule has 0 aliphatic heterocycles. The standard InChI is InChI=1S/C27H22O2/c1-14(2)15-6-8-17-19-12-24-20(13-23(19)25(28)21(17)10-15)18-9-7-16(27(3,4)5)11-22(18)26(24)29/h6-13H,1H2,2-5H3. The highest BCUT2D eigenvalue weighted by atomic mass is 16.1. The molecular weight excluding hydrogens is 356 g/mol. The molecular formula is C27H22O2. The summed E-state index contributed by atoms with van der Waals surface area (Å²) < 4.78 is 0.